The van der Waals surface area contributed by atoms with Crippen LogP contribution in [0.15, 0.2) is 47.4 Å². The van der Waals surface area contributed by atoms with Crippen molar-refractivity contribution in [1.82, 2.24) is 9.80 Å². The van der Waals surface area contributed by atoms with Crippen molar-refractivity contribution in [2.24, 2.45) is 11.8 Å². The molecule has 184 valence electrons. The van der Waals surface area contributed by atoms with Crippen LogP contribution in [-0.4, -0.2) is 56.8 Å². The summed E-state index contributed by atoms with van der Waals surface area (Å²) in [5.41, 5.74) is 1.10. The van der Waals surface area contributed by atoms with E-state index in [0.29, 0.717) is 23.6 Å². The molecule has 0 bridgehead atoms. The zero-order valence-corrected chi connectivity index (χ0v) is 20.8. The van der Waals surface area contributed by atoms with Crippen LogP contribution in [-0.2, 0) is 10.0 Å². The van der Waals surface area contributed by atoms with E-state index in [4.69, 9.17) is 0 Å². The molecule has 4 rings (SSSR count). The van der Waals surface area contributed by atoms with Crippen molar-refractivity contribution in [2.75, 3.05) is 37.4 Å². The fraction of sp³-hybridized carbons (Fsp3) is 0.500. The summed E-state index contributed by atoms with van der Waals surface area (Å²) in [6.45, 7) is 8.63. The smallest absolute Gasteiger partial charge is 0.261 e. The highest BCUT2D eigenvalue weighted by Crippen LogP contribution is 2.24. The minimum Gasteiger partial charge on any atom is -0.338 e. The third-order valence-electron chi connectivity index (χ3n) is 7.01. The van der Waals surface area contributed by atoms with Gasteiger partial charge in [0.05, 0.1) is 4.90 Å². The van der Waals surface area contributed by atoms with E-state index in [1.807, 2.05) is 4.90 Å². The number of nitrogens with zero attached hydrogens (tertiary/aromatic N) is 2. The Balaban J connectivity index is 1.41. The molecular weight excluding hydrogens is 453 g/mol. The summed E-state index contributed by atoms with van der Waals surface area (Å²) in [6.07, 6.45) is 4.59. The first kappa shape index (κ1) is 24.7. The van der Waals surface area contributed by atoms with E-state index < -0.39 is 15.8 Å². The van der Waals surface area contributed by atoms with E-state index in [1.54, 1.807) is 31.2 Å². The van der Waals surface area contributed by atoms with Gasteiger partial charge in [0.15, 0.2) is 0 Å². The van der Waals surface area contributed by atoms with Crippen LogP contribution in [0.25, 0.3) is 0 Å². The molecule has 0 spiro atoms. The van der Waals surface area contributed by atoms with Gasteiger partial charge in [-0.15, -0.1) is 0 Å². The maximum Gasteiger partial charge on any atom is 0.261 e. The van der Waals surface area contributed by atoms with E-state index in [-0.39, 0.29) is 16.5 Å². The Labute approximate surface area is 202 Å². The Morgan fingerprint density at radius 2 is 1.85 bits per heavy atom. The fourth-order valence-corrected chi connectivity index (χ4v) is 5.92. The van der Waals surface area contributed by atoms with Crippen LogP contribution in [0.3, 0.4) is 0 Å². The lowest BCUT2D eigenvalue weighted by Crippen LogP contribution is -2.45. The van der Waals surface area contributed by atoms with Gasteiger partial charge in [-0.3, -0.25) is 9.52 Å². The zero-order valence-electron chi connectivity index (χ0n) is 20.0. The highest BCUT2D eigenvalue weighted by molar-refractivity contribution is 7.92. The summed E-state index contributed by atoms with van der Waals surface area (Å²) in [7, 11) is -3.97. The third-order valence-corrected chi connectivity index (χ3v) is 8.39. The van der Waals surface area contributed by atoms with Crippen LogP contribution in [0.2, 0.25) is 0 Å². The molecule has 1 atom stereocenters. The van der Waals surface area contributed by atoms with Crippen LogP contribution >= 0.6 is 0 Å². The zero-order chi connectivity index (χ0) is 24.3. The monoisotopic (exact) mass is 487 g/mol. The van der Waals surface area contributed by atoms with Gasteiger partial charge in [-0.2, -0.15) is 0 Å². The highest BCUT2D eigenvalue weighted by atomic mass is 32.2. The number of hydrogen-bond donors (Lipinski definition) is 1. The predicted molar refractivity (Wildman–Crippen MR) is 132 cm³/mol. The number of amides is 1. The Morgan fingerprint density at radius 3 is 2.59 bits per heavy atom. The SMILES string of the molecule is Cc1ccc(S(=O)(=O)Nc2cccc(C(=O)N3CCCC(CN4CCC(C)CC4)C3)c2)cc1F. The van der Waals surface area contributed by atoms with E-state index >= 15 is 0 Å². The van der Waals surface area contributed by atoms with Gasteiger partial charge < -0.3 is 9.80 Å². The molecule has 2 aromatic rings. The van der Waals surface area contributed by atoms with Crippen LogP contribution in [0, 0.1) is 24.6 Å². The van der Waals surface area contributed by atoms with Crippen molar-refractivity contribution in [3.05, 3.63) is 59.4 Å². The molecule has 2 aliphatic heterocycles. The average molecular weight is 488 g/mol. The summed E-state index contributed by atoms with van der Waals surface area (Å²) in [4.78, 5) is 17.5. The van der Waals surface area contributed by atoms with E-state index in [9.17, 15) is 17.6 Å². The van der Waals surface area contributed by atoms with Gasteiger partial charge in [0.25, 0.3) is 15.9 Å². The number of carbonyl (C=O) groups excluding carboxylic acids is 1. The van der Waals surface area contributed by atoms with Crippen LogP contribution in [0.1, 0.15) is 48.5 Å². The largest absolute Gasteiger partial charge is 0.338 e. The number of rotatable bonds is 6. The molecule has 0 saturated carbocycles. The van der Waals surface area contributed by atoms with Crippen molar-refractivity contribution in [3.63, 3.8) is 0 Å². The molecule has 1 N–H and O–H groups in total. The molecule has 2 aromatic carbocycles. The van der Waals surface area contributed by atoms with Gasteiger partial charge in [-0.1, -0.05) is 19.1 Å². The third kappa shape index (κ3) is 5.96. The average Bonchev–Trinajstić information content (AvgIpc) is 2.82. The minimum atomic E-state index is -3.97. The quantitative estimate of drug-likeness (QED) is 0.651. The Kier molecular flexibility index (Phi) is 7.57. The first-order valence-electron chi connectivity index (χ1n) is 12.1. The lowest BCUT2D eigenvalue weighted by molar-refractivity contribution is 0.0622. The number of likely N-dealkylation sites (tertiary alicyclic amines) is 2. The maximum absolute atomic E-state index is 13.9. The minimum absolute atomic E-state index is 0.0839. The number of benzene rings is 2. The first-order chi connectivity index (χ1) is 16.2. The summed E-state index contributed by atoms with van der Waals surface area (Å²) in [6, 6.07) is 10.3. The maximum atomic E-state index is 13.9. The van der Waals surface area contributed by atoms with E-state index in [1.165, 1.54) is 25.0 Å². The number of piperidine rings is 2. The first-order valence-corrected chi connectivity index (χ1v) is 13.6. The molecule has 34 heavy (non-hydrogen) atoms. The summed E-state index contributed by atoms with van der Waals surface area (Å²) in [5.74, 6) is 0.601. The summed E-state index contributed by atoms with van der Waals surface area (Å²) >= 11 is 0. The lowest BCUT2D eigenvalue weighted by Gasteiger charge is -2.38. The highest BCUT2D eigenvalue weighted by Gasteiger charge is 2.27. The van der Waals surface area contributed by atoms with Crippen molar-refractivity contribution in [3.8, 4) is 0 Å². The van der Waals surface area contributed by atoms with E-state index in [2.05, 4.69) is 16.5 Å². The second-order valence-corrected chi connectivity index (χ2v) is 11.5. The summed E-state index contributed by atoms with van der Waals surface area (Å²) in [5, 5.41) is 0. The van der Waals surface area contributed by atoms with Crippen LogP contribution in [0.5, 0.6) is 0 Å². The van der Waals surface area contributed by atoms with Gasteiger partial charge in [-0.05, 0) is 93.4 Å². The number of anilines is 1. The molecule has 6 nitrogen and oxygen atoms in total. The number of halogens is 1. The Morgan fingerprint density at radius 1 is 1.09 bits per heavy atom. The second-order valence-electron chi connectivity index (χ2n) is 9.84. The molecule has 1 amide bonds. The molecular formula is C26H34FN3O3S. The topological polar surface area (TPSA) is 69.7 Å². The summed E-state index contributed by atoms with van der Waals surface area (Å²) < 4.78 is 41.8. The molecule has 2 heterocycles. The predicted octanol–water partition coefficient (Wildman–Crippen LogP) is 4.52. The molecule has 8 heteroatoms. The van der Waals surface area contributed by atoms with Crippen LogP contribution in [0.4, 0.5) is 10.1 Å². The van der Waals surface area contributed by atoms with Gasteiger partial charge >= 0.3 is 0 Å². The molecule has 0 aliphatic carbocycles. The number of carbonyl (C=O) groups is 1. The second kappa shape index (κ2) is 10.4. The lowest BCUT2D eigenvalue weighted by atomic mass is 9.94. The van der Waals surface area contributed by atoms with Gasteiger partial charge in [0.2, 0.25) is 0 Å². The molecule has 1 unspecified atom stereocenters. The number of hydrogen-bond acceptors (Lipinski definition) is 4. The van der Waals surface area contributed by atoms with Crippen LogP contribution < -0.4 is 4.72 Å². The molecule has 2 fully saturated rings. The van der Waals surface area contributed by atoms with Crippen molar-refractivity contribution < 1.29 is 17.6 Å². The van der Waals surface area contributed by atoms with E-state index in [0.717, 1.165) is 51.0 Å². The number of aryl methyl sites for hydroxylation is 1. The van der Waals surface area contributed by atoms with Crippen molar-refractivity contribution in [2.45, 2.75) is 44.4 Å². The standard InChI is InChI=1S/C26H34FN3O3S/c1-19-10-13-29(14-11-19)17-21-5-4-12-30(18-21)26(31)22-6-3-7-23(15-22)28-34(32,33)24-9-8-20(2)25(27)16-24/h3,6-9,15-16,19,21,28H,4-5,10-14,17-18H2,1-2H3. The molecule has 0 radical (unpaired) electrons. The normalized spacial score (nSPS) is 20.3. The Bertz CT molecular complexity index is 1130. The molecule has 2 aliphatic rings. The van der Waals surface area contributed by atoms with Crippen molar-refractivity contribution >= 4 is 21.6 Å². The Hall–Kier alpha value is -2.45. The number of nitrogens with one attached hydrogen (secondary N) is 1. The number of sulfonamides is 1. The van der Waals surface area contributed by atoms with Gasteiger partial charge in [0.1, 0.15) is 5.82 Å². The van der Waals surface area contributed by atoms with Crippen molar-refractivity contribution in [1.29, 1.82) is 0 Å². The van der Waals surface area contributed by atoms with Gasteiger partial charge in [-0.25, -0.2) is 12.8 Å². The molecule has 2 saturated heterocycles. The molecule has 0 aromatic heterocycles. The fourth-order valence-electron chi connectivity index (χ4n) is 4.86. The van der Waals surface area contributed by atoms with Gasteiger partial charge in [0, 0.05) is 30.9 Å².